The van der Waals surface area contributed by atoms with Crippen LogP contribution >= 0.6 is 0 Å². The Labute approximate surface area is 101 Å². The molecule has 0 aliphatic heterocycles. The molecule has 3 aromatic heterocycles. The maximum Gasteiger partial charge on any atom is 0.275 e. The lowest BCUT2D eigenvalue weighted by Crippen LogP contribution is -2.11. The first kappa shape index (κ1) is 10.3. The van der Waals surface area contributed by atoms with E-state index in [1.54, 1.807) is 30.3 Å². The number of nitrogens with one attached hydrogen (secondary N) is 1. The van der Waals surface area contributed by atoms with Crippen molar-refractivity contribution in [2.24, 2.45) is 7.05 Å². The van der Waals surface area contributed by atoms with Crippen LogP contribution in [-0.2, 0) is 7.05 Å². The number of hydrogen-bond acceptors (Lipinski definition) is 4. The first-order valence-electron chi connectivity index (χ1n) is 5.19. The number of H-pyrrole nitrogens is 1. The van der Waals surface area contributed by atoms with Gasteiger partial charge in [-0.2, -0.15) is 15.5 Å². The summed E-state index contributed by atoms with van der Waals surface area (Å²) in [5.41, 5.74) is 1.56. The van der Waals surface area contributed by atoms with E-state index >= 15 is 0 Å². The molecule has 0 radical (unpaired) electrons. The third kappa shape index (κ3) is 1.40. The lowest BCUT2D eigenvalue weighted by molar-refractivity contribution is 0.768. The molecule has 0 aliphatic rings. The standard InChI is InChI=1S/C11H8N6O/c1-16-5-8(4-13-16)9-6-17-10(11(18)15-9)7(2-12)3-14-17/h3-6H,1H3,(H,15,18). The molecule has 0 aliphatic carbocycles. The number of aromatic nitrogens is 5. The average molecular weight is 240 g/mol. The fourth-order valence-corrected chi connectivity index (χ4v) is 1.81. The van der Waals surface area contributed by atoms with Gasteiger partial charge in [-0.05, 0) is 0 Å². The van der Waals surface area contributed by atoms with Crippen LogP contribution in [0.2, 0.25) is 0 Å². The molecule has 0 saturated carbocycles. The molecule has 0 aromatic carbocycles. The number of aromatic amines is 1. The van der Waals surface area contributed by atoms with Gasteiger partial charge in [0.05, 0.1) is 24.3 Å². The zero-order chi connectivity index (χ0) is 12.7. The highest BCUT2D eigenvalue weighted by Gasteiger charge is 2.10. The summed E-state index contributed by atoms with van der Waals surface area (Å²) in [7, 11) is 1.79. The number of aryl methyl sites for hydroxylation is 1. The quantitative estimate of drug-likeness (QED) is 0.662. The highest BCUT2D eigenvalue weighted by atomic mass is 16.1. The van der Waals surface area contributed by atoms with Crippen LogP contribution < -0.4 is 5.56 Å². The third-order valence-electron chi connectivity index (χ3n) is 2.65. The molecule has 0 saturated heterocycles. The smallest absolute Gasteiger partial charge is 0.275 e. The van der Waals surface area contributed by atoms with E-state index in [-0.39, 0.29) is 16.6 Å². The zero-order valence-electron chi connectivity index (χ0n) is 9.45. The van der Waals surface area contributed by atoms with Gasteiger partial charge in [0, 0.05) is 18.8 Å². The molecule has 0 bridgehead atoms. The van der Waals surface area contributed by atoms with Crippen LogP contribution in [0.4, 0.5) is 0 Å². The zero-order valence-corrected chi connectivity index (χ0v) is 9.45. The number of hydrogen-bond donors (Lipinski definition) is 1. The normalized spacial score (nSPS) is 10.7. The van der Waals surface area contributed by atoms with Gasteiger partial charge < -0.3 is 4.98 Å². The van der Waals surface area contributed by atoms with Gasteiger partial charge in [0.2, 0.25) is 0 Å². The summed E-state index contributed by atoms with van der Waals surface area (Å²) in [5.74, 6) is 0. The van der Waals surface area contributed by atoms with Crippen LogP contribution in [0, 0.1) is 11.3 Å². The Morgan fingerprint density at radius 2 is 2.17 bits per heavy atom. The second-order valence-corrected chi connectivity index (χ2v) is 3.86. The van der Waals surface area contributed by atoms with E-state index in [0.29, 0.717) is 5.69 Å². The maximum absolute atomic E-state index is 11.9. The second kappa shape index (κ2) is 3.56. The molecule has 88 valence electrons. The van der Waals surface area contributed by atoms with Crippen LogP contribution in [-0.4, -0.2) is 24.4 Å². The second-order valence-electron chi connectivity index (χ2n) is 3.86. The van der Waals surface area contributed by atoms with Gasteiger partial charge in [-0.15, -0.1) is 0 Å². The molecule has 0 spiro atoms. The molecule has 18 heavy (non-hydrogen) atoms. The summed E-state index contributed by atoms with van der Waals surface area (Å²) in [4.78, 5) is 14.6. The van der Waals surface area contributed by atoms with Gasteiger partial charge in [0.15, 0.2) is 0 Å². The average Bonchev–Trinajstić information content (AvgIpc) is 2.95. The van der Waals surface area contributed by atoms with E-state index < -0.39 is 0 Å². The molecule has 0 amide bonds. The number of nitrogens with zero attached hydrogens (tertiary/aromatic N) is 5. The Balaban J connectivity index is 2.29. The first-order chi connectivity index (χ1) is 8.69. The molecule has 3 aromatic rings. The predicted molar refractivity (Wildman–Crippen MR) is 62.7 cm³/mol. The Kier molecular flexibility index (Phi) is 2.04. The fraction of sp³-hybridized carbons (Fsp3) is 0.0909. The van der Waals surface area contributed by atoms with Crippen LogP contribution in [0.3, 0.4) is 0 Å². The maximum atomic E-state index is 11.9. The van der Waals surface area contributed by atoms with Gasteiger partial charge in [-0.25, -0.2) is 4.52 Å². The van der Waals surface area contributed by atoms with Crippen LogP contribution in [0.1, 0.15) is 5.56 Å². The lowest BCUT2D eigenvalue weighted by Gasteiger charge is -1.98. The van der Waals surface area contributed by atoms with E-state index in [0.717, 1.165) is 5.56 Å². The molecule has 7 nitrogen and oxygen atoms in total. The minimum atomic E-state index is -0.342. The third-order valence-corrected chi connectivity index (χ3v) is 2.65. The summed E-state index contributed by atoms with van der Waals surface area (Å²) in [6, 6.07) is 1.93. The van der Waals surface area contributed by atoms with Crippen molar-refractivity contribution in [1.29, 1.82) is 5.26 Å². The highest BCUT2D eigenvalue weighted by Crippen LogP contribution is 2.15. The minimum Gasteiger partial charge on any atom is -0.319 e. The van der Waals surface area contributed by atoms with Crippen molar-refractivity contribution < 1.29 is 0 Å². The lowest BCUT2D eigenvalue weighted by atomic mass is 10.2. The Morgan fingerprint density at radius 3 is 2.83 bits per heavy atom. The molecule has 0 fully saturated rings. The molecular weight excluding hydrogens is 232 g/mol. The van der Waals surface area contributed by atoms with Gasteiger partial charge in [-0.3, -0.25) is 9.48 Å². The minimum absolute atomic E-state index is 0.255. The summed E-state index contributed by atoms with van der Waals surface area (Å²) >= 11 is 0. The van der Waals surface area contributed by atoms with Gasteiger partial charge >= 0.3 is 0 Å². The molecule has 3 rings (SSSR count). The van der Waals surface area contributed by atoms with Crippen LogP contribution in [0.5, 0.6) is 0 Å². The number of rotatable bonds is 1. The van der Waals surface area contributed by atoms with Gasteiger partial charge in [0.25, 0.3) is 5.56 Å². The van der Waals surface area contributed by atoms with E-state index in [1.165, 1.54) is 10.7 Å². The summed E-state index contributed by atoms with van der Waals surface area (Å²) in [6.45, 7) is 0. The van der Waals surface area contributed by atoms with Crippen molar-refractivity contribution in [2.75, 3.05) is 0 Å². The molecule has 1 N–H and O–H groups in total. The molecule has 0 unspecified atom stereocenters. The van der Waals surface area contributed by atoms with E-state index in [9.17, 15) is 4.79 Å². The predicted octanol–water partition coefficient (Wildman–Crippen LogP) is 0.295. The summed E-state index contributed by atoms with van der Waals surface area (Å²) in [5, 5.41) is 16.9. The van der Waals surface area contributed by atoms with Crippen molar-refractivity contribution in [1.82, 2.24) is 24.4 Å². The molecule has 3 heterocycles. The van der Waals surface area contributed by atoms with Crippen molar-refractivity contribution >= 4 is 5.52 Å². The monoisotopic (exact) mass is 240 g/mol. The Hall–Kier alpha value is -2.88. The number of fused-ring (bicyclic) bond motifs is 1. The van der Waals surface area contributed by atoms with Crippen molar-refractivity contribution in [3.05, 3.63) is 40.7 Å². The van der Waals surface area contributed by atoms with E-state index in [1.807, 2.05) is 6.07 Å². The Morgan fingerprint density at radius 1 is 1.33 bits per heavy atom. The summed E-state index contributed by atoms with van der Waals surface area (Å²) < 4.78 is 3.04. The topological polar surface area (TPSA) is 91.8 Å². The largest absolute Gasteiger partial charge is 0.319 e. The van der Waals surface area contributed by atoms with Crippen molar-refractivity contribution in [3.63, 3.8) is 0 Å². The molecule has 7 heteroatoms. The van der Waals surface area contributed by atoms with Crippen LogP contribution in [0.25, 0.3) is 16.8 Å². The first-order valence-corrected chi connectivity index (χ1v) is 5.19. The van der Waals surface area contributed by atoms with Crippen molar-refractivity contribution in [2.45, 2.75) is 0 Å². The number of nitriles is 1. The van der Waals surface area contributed by atoms with Crippen LogP contribution in [0.15, 0.2) is 29.6 Å². The Bertz CT molecular complexity index is 831. The fourth-order valence-electron chi connectivity index (χ4n) is 1.81. The van der Waals surface area contributed by atoms with Gasteiger partial charge in [-0.1, -0.05) is 0 Å². The van der Waals surface area contributed by atoms with Gasteiger partial charge in [0.1, 0.15) is 17.1 Å². The highest BCUT2D eigenvalue weighted by molar-refractivity contribution is 5.63. The van der Waals surface area contributed by atoms with E-state index in [4.69, 9.17) is 5.26 Å². The molecular formula is C11H8N6O. The van der Waals surface area contributed by atoms with E-state index in [2.05, 4.69) is 15.2 Å². The molecule has 0 atom stereocenters. The van der Waals surface area contributed by atoms with Crippen molar-refractivity contribution in [3.8, 4) is 17.3 Å². The SMILES string of the molecule is Cn1cc(-c2cn3ncc(C#N)c3c(=O)[nH]2)cn1. The summed E-state index contributed by atoms with van der Waals surface area (Å²) in [6.07, 6.45) is 6.46.